The molecule has 18 heavy (non-hydrogen) atoms. The van der Waals surface area contributed by atoms with Crippen LogP contribution in [0.4, 0.5) is 0 Å². The lowest BCUT2D eigenvalue weighted by Crippen LogP contribution is -2.50. The third-order valence-corrected chi connectivity index (χ3v) is 3.65. The lowest BCUT2D eigenvalue weighted by Gasteiger charge is -2.33. The van der Waals surface area contributed by atoms with Crippen LogP contribution in [0, 0.1) is 0 Å². The van der Waals surface area contributed by atoms with E-state index >= 15 is 0 Å². The first-order valence-electron chi connectivity index (χ1n) is 6.52. The minimum atomic E-state index is -0.302. The lowest BCUT2D eigenvalue weighted by atomic mass is 9.99. The summed E-state index contributed by atoms with van der Waals surface area (Å²) in [6, 6.07) is 8.35. The Hall–Kier alpha value is -1.39. The molecule has 0 aromatic heterocycles. The van der Waals surface area contributed by atoms with Crippen LogP contribution in [0.1, 0.15) is 11.1 Å². The molecule has 1 amide bonds. The Morgan fingerprint density at radius 3 is 2.94 bits per heavy atom. The Morgan fingerprint density at radius 2 is 2.17 bits per heavy atom. The fraction of sp³-hybridized carbons (Fsp3) is 0.500. The van der Waals surface area contributed by atoms with Crippen LogP contribution in [0.25, 0.3) is 0 Å². The van der Waals surface area contributed by atoms with Crippen molar-refractivity contribution in [2.24, 2.45) is 0 Å². The van der Waals surface area contributed by atoms with E-state index in [0.29, 0.717) is 13.2 Å². The van der Waals surface area contributed by atoms with Crippen molar-refractivity contribution < 1.29 is 9.53 Å². The van der Waals surface area contributed by atoms with Crippen LogP contribution < -0.4 is 5.32 Å². The molecule has 1 aromatic carbocycles. The van der Waals surface area contributed by atoms with Gasteiger partial charge in [-0.15, -0.1) is 0 Å². The van der Waals surface area contributed by atoms with Gasteiger partial charge >= 0.3 is 0 Å². The van der Waals surface area contributed by atoms with E-state index in [2.05, 4.69) is 23.5 Å². The Bertz CT molecular complexity index is 441. The smallest absolute Gasteiger partial charge is 0.253 e. The molecule has 3 rings (SSSR count). The predicted octanol–water partition coefficient (Wildman–Crippen LogP) is 0.560. The van der Waals surface area contributed by atoms with Gasteiger partial charge in [0, 0.05) is 26.2 Å². The summed E-state index contributed by atoms with van der Waals surface area (Å²) in [6.45, 7) is 3.62. The normalized spacial score (nSPS) is 23.6. The summed E-state index contributed by atoms with van der Waals surface area (Å²) in [5.74, 6) is 0.122. The van der Waals surface area contributed by atoms with Crippen molar-refractivity contribution in [1.29, 1.82) is 0 Å². The molecule has 2 aliphatic rings. The van der Waals surface area contributed by atoms with Crippen LogP contribution in [-0.4, -0.2) is 43.2 Å². The summed E-state index contributed by atoms with van der Waals surface area (Å²) >= 11 is 0. The van der Waals surface area contributed by atoms with E-state index < -0.39 is 0 Å². The van der Waals surface area contributed by atoms with E-state index in [-0.39, 0.29) is 12.0 Å². The first-order chi connectivity index (χ1) is 8.84. The van der Waals surface area contributed by atoms with E-state index in [4.69, 9.17) is 4.74 Å². The van der Waals surface area contributed by atoms with Gasteiger partial charge in [-0.25, -0.2) is 0 Å². The van der Waals surface area contributed by atoms with Gasteiger partial charge in [0.15, 0.2) is 0 Å². The number of rotatable bonds is 1. The fourth-order valence-electron chi connectivity index (χ4n) is 2.61. The SMILES string of the molecule is O=C(C1CNCCO1)N1CCc2ccccc2C1. The molecule has 96 valence electrons. The van der Waals surface area contributed by atoms with Gasteiger partial charge in [0.05, 0.1) is 6.61 Å². The maximum Gasteiger partial charge on any atom is 0.253 e. The largest absolute Gasteiger partial charge is 0.366 e. The highest BCUT2D eigenvalue weighted by atomic mass is 16.5. The number of carbonyl (C=O) groups is 1. The van der Waals surface area contributed by atoms with Crippen molar-refractivity contribution >= 4 is 5.91 Å². The van der Waals surface area contributed by atoms with Crippen LogP contribution in [0.3, 0.4) is 0 Å². The maximum atomic E-state index is 12.3. The highest BCUT2D eigenvalue weighted by Crippen LogP contribution is 2.19. The van der Waals surface area contributed by atoms with Gasteiger partial charge in [0.2, 0.25) is 0 Å². The third-order valence-electron chi connectivity index (χ3n) is 3.65. The second-order valence-electron chi connectivity index (χ2n) is 4.84. The predicted molar refractivity (Wildman–Crippen MR) is 68.2 cm³/mol. The number of carbonyl (C=O) groups excluding carboxylic acids is 1. The standard InChI is InChI=1S/C14H18N2O2/c17-14(13-9-15-6-8-18-13)16-7-5-11-3-1-2-4-12(11)10-16/h1-4,13,15H,5-10H2. The van der Waals surface area contributed by atoms with Crippen molar-refractivity contribution in [2.75, 3.05) is 26.2 Å². The Balaban J connectivity index is 1.69. The molecule has 1 saturated heterocycles. The van der Waals surface area contributed by atoms with E-state index in [1.54, 1.807) is 0 Å². The minimum absolute atomic E-state index is 0.122. The second-order valence-corrected chi connectivity index (χ2v) is 4.84. The van der Waals surface area contributed by atoms with Crippen molar-refractivity contribution in [3.05, 3.63) is 35.4 Å². The molecule has 4 heteroatoms. The first-order valence-corrected chi connectivity index (χ1v) is 6.52. The molecule has 4 nitrogen and oxygen atoms in total. The molecule has 0 aliphatic carbocycles. The average Bonchev–Trinajstić information content (AvgIpc) is 2.47. The molecule has 2 heterocycles. The van der Waals surface area contributed by atoms with Gasteiger partial charge < -0.3 is 15.0 Å². The van der Waals surface area contributed by atoms with Gasteiger partial charge in [-0.3, -0.25) is 4.79 Å². The number of benzene rings is 1. The lowest BCUT2D eigenvalue weighted by molar-refractivity contribution is -0.146. The zero-order chi connectivity index (χ0) is 12.4. The molecule has 1 fully saturated rings. The van der Waals surface area contributed by atoms with Crippen LogP contribution in [0.2, 0.25) is 0 Å². The van der Waals surface area contributed by atoms with Crippen molar-refractivity contribution in [3.63, 3.8) is 0 Å². The maximum absolute atomic E-state index is 12.3. The third kappa shape index (κ3) is 2.26. The van der Waals surface area contributed by atoms with Crippen LogP contribution in [0.15, 0.2) is 24.3 Å². The summed E-state index contributed by atoms with van der Waals surface area (Å²) in [5, 5.41) is 3.20. The van der Waals surface area contributed by atoms with Crippen molar-refractivity contribution in [1.82, 2.24) is 10.2 Å². The zero-order valence-corrected chi connectivity index (χ0v) is 10.4. The molecule has 0 spiro atoms. The van der Waals surface area contributed by atoms with Crippen molar-refractivity contribution in [2.45, 2.75) is 19.1 Å². The number of nitrogens with one attached hydrogen (secondary N) is 1. The van der Waals surface area contributed by atoms with Crippen LogP contribution in [0.5, 0.6) is 0 Å². The van der Waals surface area contributed by atoms with Crippen LogP contribution in [-0.2, 0) is 22.5 Å². The quantitative estimate of drug-likeness (QED) is 0.787. The molecule has 1 atom stereocenters. The molecule has 1 aromatic rings. The minimum Gasteiger partial charge on any atom is -0.366 e. The molecule has 1 N–H and O–H groups in total. The van der Waals surface area contributed by atoms with Crippen molar-refractivity contribution in [3.8, 4) is 0 Å². The van der Waals surface area contributed by atoms with Crippen LogP contribution >= 0.6 is 0 Å². The van der Waals surface area contributed by atoms with Gasteiger partial charge in [-0.2, -0.15) is 0 Å². The Morgan fingerprint density at radius 1 is 1.33 bits per heavy atom. The highest BCUT2D eigenvalue weighted by molar-refractivity contribution is 5.81. The summed E-state index contributed by atoms with van der Waals surface area (Å²) in [4.78, 5) is 14.2. The molecular weight excluding hydrogens is 228 g/mol. The van der Waals surface area contributed by atoms with E-state index in [9.17, 15) is 4.79 Å². The molecule has 0 saturated carbocycles. The number of hydrogen-bond donors (Lipinski definition) is 1. The summed E-state index contributed by atoms with van der Waals surface area (Å²) in [7, 11) is 0. The highest BCUT2D eigenvalue weighted by Gasteiger charge is 2.28. The number of fused-ring (bicyclic) bond motifs is 1. The zero-order valence-electron chi connectivity index (χ0n) is 10.4. The number of hydrogen-bond acceptors (Lipinski definition) is 3. The number of amides is 1. The topological polar surface area (TPSA) is 41.6 Å². The molecule has 2 aliphatic heterocycles. The van der Waals surface area contributed by atoms with Gasteiger partial charge in [-0.05, 0) is 17.5 Å². The van der Waals surface area contributed by atoms with E-state index in [0.717, 1.165) is 26.1 Å². The summed E-state index contributed by atoms with van der Waals surface area (Å²) in [5.41, 5.74) is 2.63. The molecule has 0 bridgehead atoms. The molecule has 0 radical (unpaired) electrons. The van der Waals surface area contributed by atoms with Gasteiger partial charge in [0.25, 0.3) is 5.91 Å². The Kier molecular flexibility index (Phi) is 3.30. The fourth-order valence-corrected chi connectivity index (χ4v) is 2.61. The second kappa shape index (κ2) is 5.08. The monoisotopic (exact) mass is 246 g/mol. The molecular formula is C14H18N2O2. The Labute approximate surface area is 107 Å². The number of ether oxygens (including phenoxy) is 1. The average molecular weight is 246 g/mol. The van der Waals surface area contributed by atoms with E-state index in [1.165, 1.54) is 11.1 Å². The number of nitrogens with zero attached hydrogens (tertiary/aromatic N) is 1. The number of morpholine rings is 1. The first kappa shape index (κ1) is 11.7. The van der Waals surface area contributed by atoms with Gasteiger partial charge in [-0.1, -0.05) is 24.3 Å². The van der Waals surface area contributed by atoms with E-state index in [1.807, 2.05) is 11.0 Å². The summed E-state index contributed by atoms with van der Waals surface area (Å²) in [6.07, 6.45) is 0.645. The summed E-state index contributed by atoms with van der Waals surface area (Å²) < 4.78 is 5.53. The van der Waals surface area contributed by atoms with Gasteiger partial charge in [0.1, 0.15) is 6.10 Å². The molecule has 1 unspecified atom stereocenters.